The van der Waals surface area contributed by atoms with Gasteiger partial charge in [-0.15, -0.1) is 10.2 Å². The Hall–Kier alpha value is -3.89. The predicted molar refractivity (Wildman–Crippen MR) is 135 cm³/mol. The molecule has 11 heteroatoms. The van der Waals surface area contributed by atoms with Gasteiger partial charge in [0, 0.05) is 34.2 Å². The Labute approximate surface area is 210 Å². The van der Waals surface area contributed by atoms with Crippen LogP contribution in [0.5, 0.6) is 11.5 Å². The molecule has 4 rings (SSSR count). The van der Waals surface area contributed by atoms with Gasteiger partial charge in [-0.2, -0.15) is 5.10 Å². The van der Waals surface area contributed by atoms with E-state index in [2.05, 4.69) is 25.7 Å². The number of hydrogen-bond donors (Lipinski definition) is 2. The summed E-state index contributed by atoms with van der Waals surface area (Å²) in [5.74, 6) is 0.624. The highest BCUT2D eigenvalue weighted by Gasteiger charge is 2.17. The van der Waals surface area contributed by atoms with Crippen molar-refractivity contribution in [3.8, 4) is 28.6 Å². The van der Waals surface area contributed by atoms with Crippen molar-refractivity contribution in [2.45, 2.75) is 12.1 Å². The number of rotatable bonds is 9. The number of pyridine rings is 1. The summed E-state index contributed by atoms with van der Waals surface area (Å²) in [5, 5.41) is 23.9. The fourth-order valence-electron chi connectivity index (χ4n) is 3.13. The number of carbonyl (C=O) groups excluding carboxylic acids is 1. The highest BCUT2D eigenvalue weighted by molar-refractivity contribution is 7.99. The molecule has 1 amide bonds. The van der Waals surface area contributed by atoms with Crippen LogP contribution in [0.2, 0.25) is 5.02 Å². The lowest BCUT2D eigenvalue weighted by molar-refractivity contribution is -0.118. The van der Waals surface area contributed by atoms with Gasteiger partial charge in [-0.05, 0) is 55.5 Å². The molecule has 178 valence electrons. The van der Waals surface area contributed by atoms with Crippen LogP contribution in [0, 0.1) is 0 Å². The first-order valence-electron chi connectivity index (χ1n) is 10.6. The van der Waals surface area contributed by atoms with Crippen molar-refractivity contribution >= 4 is 35.5 Å². The Morgan fingerprint density at radius 1 is 1.17 bits per heavy atom. The molecule has 2 aromatic carbocycles. The largest absolute Gasteiger partial charge is 0.504 e. The lowest BCUT2D eigenvalue weighted by Gasteiger charge is -2.10. The van der Waals surface area contributed by atoms with Crippen LogP contribution in [0.15, 0.2) is 77.2 Å². The van der Waals surface area contributed by atoms with Gasteiger partial charge in [0.25, 0.3) is 5.91 Å². The predicted octanol–water partition coefficient (Wildman–Crippen LogP) is 4.33. The normalized spacial score (nSPS) is 11.0. The Balaban J connectivity index is 1.47. The number of phenolic OH excluding ortho intramolecular Hbond substituents is 1. The maximum Gasteiger partial charge on any atom is 0.250 e. The number of benzene rings is 2. The average Bonchev–Trinajstić information content (AvgIpc) is 3.30. The molecule has 0 aliphatic rings. The van der Waals surface area contributed by atoms with Crippen molar-refractivity contribution < 1.29 is 14.6 Å². The summed E-state index contributed by atoms with van der Waals surface area (Å²) in [7, 11) is 0. The number of aromatic hydroxyl groups is 1. The number of aromatic nitrogens is 4. The molecular formula is C24H21ClN6O3S. The minimum absolute atomic E-state index is 0.0403. The van der Waals surface area contributed by atoms with Gasteiger partial charge in [-0.3, -0.25) is 14.3 Å². The van der Waals surface area contributed by atoms with Gasteiger partial charge < -0.3 is 9.84 Å². The third-order valence-corrected chi connectivity index (χ3v) is 5.89. The second kappa shape index (κ2) is 11.5. The maximum absolute atomic E-state index is 12.4. The zero-order valence-electron chi connectivity index (χ0n) is 18.6. The summed E-state index contributed by atoms with van der Waals surface area (Å²) in [4.78, 5) is 16.5. The summed E-state index contributed by atoms with van der Waals surface area (Å²) in [6.45, 7) is 2.25. The lowest BCUT2D eigenvalue weighted by Crippen LogP contribution is -2.20. The number of carbonyl (C=O) groups is 1. The zero-order valence-corrected chi connectivity index (χ0v) is 20.2. The highest BCUT2D eigenvalue weighted by Crippen LogP contribution is 2.29. The number of hydrogen-bond acceptors (Lipinski definition) is 8. The molecule has 4 aromatic rings. The van der Waals surface area contributed by atoms with E-state index in [9.17, 15) is 9.90 Å². The molecule has 0 bridgehead atoms. The molecule has 0 atom stereocenters. The summed E-state index contributed by atoms with van der Waals surface area (Å²) in [6.07, 6.45) is 4.71. The van der Waals surface area contributed by atoms with Crippen LogP contribution in [-0.2, 0) is 4.79 Å². The number of para-hydroxylation sites is 1. The number of halogens is 1. The summed E-state index contributed by atoms with van der Waals surface area (Å²) in [5.41, 5.74) is 4.52. The van der Waals surface area contributed by atoms with Crippen molar-refractivity contribution in [3.63, 3.8) is 0 Å². The zero-order chi connectivity index (χ0) is 24.6. The van der Waals surface area contributed by atoms with E-state index in [0.717, 1.165) is 11.3 Å². The third kappa shape index (κ3) is 5.97. The number of phenols is 1. The standard InChI is InChI=1S/C24H21ClN6O3S/c1-2-34-20-5-3-4-17(22(20)33)14-27-28-21(32)15-35-24-30-29-23(16-10-12-26-13-11-16)31(24)19-8-6-18(25)7-9-19/h3-14,33H,2,15H2,1H3,(H,28,32)/b27-14+. The number of hydrazone groups is 1. The minimum Gasteiger partial charge on any atom is -0.504 e. The minimum atomic E-state index is -0.345. The van der Waals surface area contributed by atoms with Crippen molar-refractivity contribution in [3.05, 3.63) is 77.6 Å². The number of nitrogens with zero attached hydrogens (tertiary/aromatic N) is 5. The van der Waals surface area contributed by atoms with E-state index < -0.39 is 0 Å². The first-order valence-corrected chi connectivity index (χ1v) is 11.9. The quantitative estimate of drug-likeness (QED) is 0.196. The third-order valence-electron chi connectivity index (χ3n) is 4.71. The highest BCUT2D eigenvalue weighted by atomic mass is 35.5. The monoisotopic (exact) mass is 508 g/mol. The molecule has 35 heavy (non-hydrogen) atoms. The topological polar surface area (TPSA) is 115 Å². The van der Waals surface area contributed by atoms with Gasteiger partial charge in [0.1, 0.15) is 0 Å². The van der Waals surface area contributed by atoms with E-state index in [4.69, 9.17) is 16.3 Å². The van der Waals surface area contributed by atoms with Gasteiger partial charge >= 0.3 is 0 Å². The SMILES string of the molecule is CCOc1cccc(/C=N/NC(=O)CSc2nnc(-c3ccncc3)n2-c2ccc(Cl)cc2)c1O. The van der Waals surface area contributed by atoms with Gasteiger partial charge in [0.2, 0.25) is 0 Å². The smallest absolute Gasteiger partial charge is 0.250 e. The fourth-order valence-corrected chi connectivity index (χ4v) is 4.00. The molecule has 9 nitrogen and oxygen atoms in total. The van der Waals surface area contributed by atoms with Crippen LogP contribution in [0.1, 0.15) is 12.5 Å². The van der Waals surface area contributed by atoms with Gasteiger partial charge in [-0.25, -0.2) is 5.43 Å². The molecule has 2 N–H and O–H groups in total. The van der Waals surface area contributed by atoms with Gasteiger partial charge in [0.15, 0.2) is 22.5 Å². The molecule has 0 aliphatic heterocycles. The number of nitrogens with one attached hydrogen (secondary N) is 1. The van der Waals surface area contributed by atoms with E-state index in [1.165, 1.54) is 18.0 Å². The van der Waals surface area contributed by atoms with Crippen LogP contribution in [-0.4, -0.2) is 49.3 Å². The molecule has 0 saturated heterocycles. The molecule has 0 aliphatic carbocycles. The Morgan fingerprint density at radius 2 is 1.94 bits per heavy atom. The number of thioether (sulfide) groups is 1. The molecular weight excluding hydrogens is 488 g/mol. The molecule has 0 fully saturated rings. The molecule has 0 saturated carbocycles. The lowest BCUT2D eigenvalue weighted by atomic mass is 10.2. The maximum atomic E-state index is 12.4. The Kier molecular flexibility index (Phi) is 7.96. The van der Waals surface area contributed by atoms with Crippen LogP contribution in [0.25, 0.3) is 17.1 Å². The average molecular weight is 509 g/mol. The van der Waals surface area contributed by atoms with Crippen molar-refractivity contribution in [1.82, 2.24) is 25.2 Å². The Morgan fingerprint density at radius 3 is 2.69 bits per heavy atom. The van der Waals surface area contributed by atoms with Crippen LogP contribution in [0.4, 0.5) is 0 Å². The second-order valence-corrected chi connectivity index (χ2v) is 8.44. The molecule has 0 spiro atoms. The van der Waals surface area contributed by atoms with Crippen LogP contribution < -0.4 is 10.2 Å². The van der Waals surface area contributed by atoms with E-state index in [0.29, 0.717) is 33.9 Å². The van der Waals surface area contributed by atoms with E-state index in [1.807, 2.05) is 35.8 Å². The van der Waals surface area contributed by atoms with Gasteiger partial charge in [0.05, 0.1) is 18.6 Å². The summed E-state index contributed by atoms with van der Waals surface area (Å²) < 4.78 is 7.20. The van der Waals surface area contributed by atoms with Crippen LogP contribution >= 0.6 is 23.4 Å². The van der Waals surface area contributed by atoms with E-state index in [1.54, 1.807) is 42.7 Å². The molecule has 0 unspecified atom stereocenters. The first-order chi connectivity index (χ1) is 17.1. The number of amides is 1. The van der Waals surface area contributed by atoms with Gasteiger partial charge in [-0.1, -0.05) is 29.4 Å². The molecule has 2 aromatic heterocycles. The number of ether oxygens (including phenoxy) is 1. The summed E-state index contributed by atoms with van der Waals surface area (Å²) >= 11 is 7.27. The van der Waals surface area contributed by atoms with E-state index >= 15 is 0 Å². The fraction of sp³-hybridized carbons (Fsp3) is 0.125. The second-order valence-electron chi connectivity index (χ2n) is 7.06. The van der Waals surface area contributed by atoms with Crippen LogP contribution in [0.3, 0.4) is 0 Å². The van der Waals surface area contributed by atoms with Crippen molar-refractivity contribution in [1.29, 1.82) is 0 Å². The Bertz CT molecular complexity index is 1330. The summed E-state index contributed by atoms with van der Waals surface area (Å²) in [6, 6.07) is 16.0. The van der Waals surface area contributed by atoms with Crippen molar-refractivity contribution in [2.75, 3.05) is 12.4 Å². The van der Waals surface area contributed by atoms with E-state index in [-0.39, 0.29) is 17.4 Å². The molecule has 0 radical (unpaired) electrons. The first kappa shape index (κ1) is 24.2. The molecule has 2 heterocycles. The van der Waals surface area contributed by atoms with Crippen molar-refractivity contribution in [2.24, 2.45) is 5.10 Å².